The van der Waals surface area contributed by atoms with Gasteiger partial charge in [0.2, 0.25) is 5.89 Å². The highest BCUT2D eigenvalue weighted by Gasteiger charge is 2.43. The van der Waals surface area contributed by atoms with E-state index >= 15 is 0 Å². The first-order valence-electron chi connectivity index (χ1n) is 7.65. The average Bonchev–Trinajstić information content (AvgIpc) is 3.24. The van der Waals surface area contributed by atoms with Gasteiger partial charge in [0.1, 0.15) is 0 Å². The van der Waals surface area contributed by atoms with Crippen molar-refractivity contribution in [2.24, 2.45) is 0 Å². The quantitative estimate of drug-likeness (QED) is 0.915. The third kappa shape index (κ3) is 2.65. The standard InChI is InChI=1S/C16H19N3O2/c1-2-4-11(5-3-1)17-9-8-15-18-16(19-21-15)13-10-12-6-7-14(13)20-12/h1-5,12-14,17H,6-10H2. The number of nitrogens with one attached hydrogen (secondary N) is 1. The zero-order valence-electron chi connectivity index (χ0n) is 11.9. The fourth-order valence-electron chi connectivity index (χ4n) is 3.30. The van der Waals surface area contributed by atoms with E-state index in [1.54, 1.807) is 0 Å². The normalized spacial score (nSPS) is 27.1. The van der Waals surface area contributed by atoms with E-state index in [2.05, 4.69) is 15.5 Å². The second-order valence-corrected chi connectivity index (χ2v) is 5.81. The van der Waals surface area contributed by atoms with Crippen molar-refractivity contribution in [1.82, 2.24) is 10.1 Å². The zero-order valence-corrected chi connectivity index (χ0v) is 11.9. The molecule has 2 aromatic rings. The van der Waals surface area contributed by atoms with Gasteiger partial charge in [-0.15, -0.1) is 0 Å². The monoisotopic (exact) mass is 285 g/mol. The molecule has 3 unspecified atom stereocenters. The number of rotatable bonds is 5. The molecule has 21 heavy (non-hydrogen) atoms. The fourth-order valence-corrected chi connectivity index (χ4v) is 3.30. The molecule has 3 heterocycles. The summed E-state index contributed by atoms with van der Waals surface area (Å²) in [5.41, 5.74) is 1.11. The van der Waals surface area contributed by atoms with Crippen molar-refractivity contribution in [3.8, 4) is 0 Å². The summed E-state index contributed by atoms with van der Waals surface area (Å²) >= 11 is 0. The van der Waals surface area contributed by atoms with Crippen LogP contribution in [0.5, 0.6) is 0 Å². The lowest BCUT2D eigenvalue weighted by atomic mass is 9.89. The van der Waals surface area contributed by atoms with Crippen LogP contribution in [0.4, 0.5) is 5.69 Å². The van der Waals surface area contributed by atoms with Gasteiger partial charge in [0.05, 0.1) is 18.1 Å². The van der Waals surface area contributed by atoms with E-state index < -0.39 is 0 Å². The Hall–Kier alpha value is -1.88. The van der Waals surface area contributed by atoms with Gasteiger partial charge in [-0.3, -0.25) is 0 Å². The van der Waals surface area contributed by atoms with Crippen molar-refractivity contribution in [3.05, 3.63) is 42.0 Å². The molecule has 1 aromatic heterocycles. The van der Waals surface area contributed by atoms with Gasteiger partial charge in [-0.25, -0.2) is 0 Å². The summed E-state index contributed by atoms with van der Waals surface area (Å²) in [6.45, 7) is 0.791. The van der Waals surface area contributed by atoms with Gasteiger partial charge >= 0.3 is 0 Å². The largest absolute Gasteiger partial charge is 0.385 e. The Kier molecular flexibility index (Phi) is 3.35. The molecule has 2 aliphatic rings. The van der Waals surface area contributed by atoms with Crippen molar-refractivity contribution in [2.75, 3.05) is 11.9 Å². The Morgan fingerprint density at radius 1 is 1.19 bits per heavy atom. The number of para-hydroxylation sites is 1. The van der Waals surface area contributed by atoms with Crippen molar-refractivity contribution in [1.29, 1.82) is 0 Å². The van der Waals surface area contributed by atoms with Crippen molar-refractivity contribution >= 4 is 5.69 Å². The lowest BCUT2D eigenvalue weighted by Crippen LogP contribution is -2.15. The summed E-state index contributed by atoms with van der Waals surface area (Å²) in [4.78, 5) is 4.54. The molecule has 2 bridgehead atoms. The summed E-state index contributed by atoms with van der Waals surface area (Å²) in [5.74, 6) is 1.87. The van der Waals surface area contributed by atoms with E-state index in [4.69, 9.17) is 9.26 Å². The zero-order chi connectivity index (χ0) is 14.1. The minimum Gasteiger partial charge on any atom is -0.385 e. The molecule has 0 radical (unpaired) electrons. The van der Waals surface area contributed by atoms with Crippen LogP contribution in [0, 0.1) is 0 Å². The highest BCUT2D eigenvalue weighted by Crippen LogP contribution is 2.43. The van der Waals surface area contributed by atoms with Crippen LogP contribution in [0.1, 0.15) is 36.9 Å². The Morgan fingerprint density at radius 2 is 2.10 bits per heavy atom. The maximum atomic E-state index is 5.85. The summed E-state index contributed by atoms with van der Waals surface area (Å²) in [6, 6.07) is 10.1. The Balaban J connectivity index is 1.33. The molecule has 4 rings (SSSR count). The number of nitrogens with zero attached hydrogens (tertiary/aromatic N) is 2. The predicted molar refractivity (Wildman–Crippen MR) is 78.2 cm³/mol. The van der Waals surface area contributed by atoms with Crippen molar-refractivity contribution in [3.63, 3.8) is 0 Å². The van der Waals surface area contributed by atoms with Gasteiger partial charge in [-0.1, -0.05) is 23.4 Å². The highest BCUT2D eigenvalue weighted by atomic mass is 16.5. The number of benzene rings is 1. The summed E-state index contributed by atoms with van der Waals surface area (Å²) in [5, 5.41) is 7.50. The minimum atomic E-state index is 0.308. The van der Waals surface area contributed by atoms with Crippen LogP contribution in [0.25, 0.3) is 0 Å². The number of anilines is 1. The van der Waals surface area contributed by atoms with Gasteiger partial charge in [0.25, 0.3) is 0 Å². The van der Waals surface area contributed by atoms with E-state index in [0.717, 1.165) is 37.3 Å². The van der Waals surface area contributed by atoms with Crippen LogP contribution in [-0.4, -0.2) is 28.9 Å². The van der Waals surface area contributed by atoms with Crippen LogP contribution < -0.4 is 5.32 Å². The van der Waals surface area contributed by atoms with Crippen LogP contribution in [0.15, 0.2) is 34.9 Å². The molecule has 110 valence electrons. The summed E-state index contributed by atoms with van der Waals surface area (Å²) in [7, 11) is 0. The molecule has 5 heteroatoms. The van der Waals surface area contributed by atoms with Gasteiger partial charge in [-0.2, -0.15) is 4.98 Å². The number of hydrogen-bond donors (Lipinski definition) is 1. The van der Waals surface area contributed by atoms with Crippen molar-refractivity contribution in [2.45, 2.75) is 43.8 Å². The van der Waals surface area contributed by atoms with E-state index in [1.807, 2.05) is 30.3 Å². The number of fused-ring (bicyclic) bond motifs is 2. The molecular weight excluding hydrogens is 266 g/mol. The Morgan fingerprint density at radius 3 is 2.86 bits per heavy atom. The first-order valence-corrected chi connectivity index (χ1v) is 7.65. The number of aromatic nitrogens is 2. The van der Waals surface area contributed by atoms with Crippen LogP contribution in [0.2, 0.25) is 0 Å². The second-order valence-electron chi connectivity index (χ2n) is 5.81. The highest BCUT2D eigenvalue weighted by molar-refractivity contribution is 5.42. The maximum Gasteiger partial charge on any atom is 0.228 e. The molecule has 0 aliphatic carbocycles. The lowest BCUT2D eigenvalue weighted by molar-refractivity contribution is 0.0996. The van der Waals surface area contributed by atoms with Crippen LogP contribution >= 0.6 is 0 Å². The van der Waals surface area contributed by atoms with E-state index in [0.29, 0.717) is 24.0 Å². The number of ether oxygens (including phenoxy) is 1. The van der Waals surface area contributed by atoms with Gasteiger partial charge < -0.3 is 14.6 Å². The van der Waals surface area contributed by atoms with Gasteiger partial charge in [0.15, 0.2) is 5.82 Å². The van der Waals surface area contributed by atoms with E-state index in [9.17, 15) is 0 Å². The molecule has 3 atom stereocenters. The van der Waals surface area contributed by atoms with Gasteiger partial charge in [0, 0.05) is 18.7 Å². The van der Waals surface area contributed by atoms with Crippen LogP contribution in [-0.2, 0) is 11.2 Å². The molecule has 1 N–H and O–H groups in total. The molecule has 5 nitrogen and oxygen atoms in total. The fraction of sp³-hybridized carbons (Fsp3) is 0.500. The molecule has 0 saturated carbocycles. The minimum absolute atomic E-state index is 0.308. The summed E-state index contributed by atoms with van der Waals surface area (Å²) < 4.78 is 11.2. The lowest BCUT2D eigenvalue weighted by Gasteiger charge is -2.13. The summed E-state index contributed by atoms with van der Waals surface area (Å²) in [6.07, 6.45) is 4.83. The predicted octanol–water partition coefficient (Wildman–Crippen LogP) is 2.76. The molecule has 2 fully saturated rings. The van der Waals surface area contributed by atoms with E-state index in [1.165, 1.54) is 6.42 Å². The smallest absolute Gasteiger partial charge is 0.228 e. The Labute approximate surface area is 123 Å². The number of hydrogen-bond acceptors (Lipinski definition) is 5. The molecule has 1 aromatic carbocycles. The van der Waals surface area contributed by atoms with Gasteiger partial charge in [-0.05, 0) is 31.4 Å². The molecule has 0 amide bonds. The third-order valence-electron chi connectivity index (χ3n) is 4.36. The maximum absolute atomic E-state index is 5.85. The first kappa shape index (κ1) is 12.8. The SMILES string of the molecule is c1ccc(NCCc2nc(C3CC4CCC3O4)no2)cc1. The topological polar surface area (TPSA) is 60.2 Å². The van der Waals surface area contributed by atoms with Crippen LogP contribution in [0.3, 0.4) is 0 Å². The van der Waals surface area contributed by atoms with E-state index in [-0.39, 0.29) is 0 Å². The Bertz CT molecular complexity index is 599. The molecule has 0 spiro atoms. The second kappa shape index (κ2) is 5.48. The van der Waals surface area contributed by atoms with Crippen molar-refractivity contribution < 1.29 is 9.26 Å². The molecule has 2 saturated heterocycles. The average molecular weight is 285 g/mol. The third-order valence-corrected chi connectivity index (χ3v) is 4.36. The molecular formula is C16H19N3O2. The first-order chi connectivity index (χ1) is 10.4. The molecule has 2 aliphatic heterocycles.